The van der Waals surface area contributed by atoms with E-state index in [0.29, 0.717) is 18.8 Å². The van der Waals surface area contributed by atoms with Gasteiger partial charge >= 0.3 is 0 Å². The maximum absolute atomic E-state index is 13.0. The molecule has 1 aliphatic rings. The lowest BCUT2D eigenvalue weighted by molar-refractivity contribution is -0.131. The number of likely N-dealkylation sites (tertiary alicyclic amines) is 1. The quantitative estimate of drug-likeness (QED) is 0.722. The molecule has 1 aromatic carbocycles. The number of carbonyl (C=O) groups excluding carboxylic acids is 1. The third kappa shape index (κ3) is 4.29. The molecule has 1 atom stereocenters. The molecule has 0 aliphatic carbocycles. The zero-order valence-electron chi connectivity index (χ0n) is 16.8. The number of rotatable bonds is 5. The number of ether oxygens (including phenoxy) is 1. The summed E-state index contributed by atoms with van der Waals surface area (Å²) < 4.78 is 5.39. The Balaban J connectivity index is 1.50. The third-order valence-corrected chi connectivity index (χ3v) is 5.33. The molecule has 2 aromatic heterocycles. The van der Waals surface area contributed by atoms with Gasteiger partial charge in [0.15, 0.2) is 5.82 Å². The first-order chi connectivity index (χ1) is 14.1. The number of carbonyl (C=O) groups is 1. The van der Waals surface area contributed by atoms with Crippen molar-refractivity contribution in [3.8, 4) is 17.3 Å². The number of hydrogen-bond donors (Lipinski definition) is 1. The van der Waals surface area contributed by atoms with Crippen LogP contribution in [0.25, 0.3) is 11.5 Å². The van der Waals surface area contributed by atoms with Gasteiger partial charge in [-0.3, -0.25) is 4.79 Å². The fraction of sp³-hybridized carbons (Fsp3) is 0.364. The normalized spacial score (nSPS) is 16.6. The number of benzene rings is 1. The van der Waals surface area contributed by atoms with E-state index >= 15 is 0 Å². The molecule has 7 heteroatoms. The van der Waals surface area contributed by atoms with Crippen LogP contribution in [0, 0.1) is 6.92 Å². The van der Waals surface area contributed by atoms with E-state index in [-0.39, 0.29) is 11.8 Å². The molecule has 1 saturated heterocycles. The maximum Gasteiger partial charge on any atom is 0.227 e. The van der Waals surface area contributed by atoms with Crippen molar-refractivity contribution in [1.82, 2.24) is 24.8 Å². The van der Waals surface area contributed by atoms with Crippen molar-refractivity contribution >= 4 is 5.91 Å². The van der Waals surface area contributed by atoms with Gasteiger partial charge < -0.3 is 14.6 Å². The van der Waals surface area contributed by atoms with E-state index in [1.807, 2.05) is 42.2 Å². The van der Waals surface area contributed by atoms with Gasteiger partial charge in [-0.05, 0) is 31.9 Å². The molecule has 3 heterocycles. The first-order valence-electron chi connectivity index (χ1n) is 9.89. The highest BCUT2D eigenvalue weighted by Gasteiger charge is 2.27. The van der Waals surface area contributed by atoms with E-state index in [0.717, 1.165) is 47.9 Å². The van der Waals surface area contributed by atoms with Crippen molar-refractivity contribution in [2.24, 2.45) is 0 Å². The Kier molecular flexibility index (Phi) is 5.55. The predicted molar refractivity (Wildman–Crippen MR) is 110 cm³/mol. The summed E-state index contributed by atoms with van der Waals surface area (Å²) in [5.41, 5.74) is 2.67. The Morgan fingerprint density at radius 3 is 2.97 bits per heavy atom. The molecule has 1 N–H and O–H groups in total. The van der Waals surface area contributed by atoms with Gasteiger partial charge in [-0.15, -0.1) is 0 Å². The number of nitrogens with one attached hydrogen (secondary N) is 1. The van der Waals surface area contributed by atoms with Gasteiger partial charge in [0.2, 0.25) is 5.91 Å². The zero-order chi connectivity index (χ0) is 20.2. The number of methoxy groups -OCH3 is 1. The van der Waals surface area contributed by atoms with E-state index in [2.05, 4.69) is 19.9 Å². The van der Waals surface area contributed by atoms with Gasteiger partial charge in [0.1, 0.15) is 17.3 Å². The van der Waals surface area contributed by atoms with Crippen LogP contribution < -0.4 is 4.74 Å². The number of H-pyrrole nitrogens is 1. The molecule has 3 aromatic rings. The molecule has 29 heavy (non-hydrogen) atoms. The number of aryl methyl sites for hydroxylation is 1. The molecule has 0 unspecified atom stereocenters. The van der Waals surface area contributed by atoms with E-state index in [4.69, 9.17) is 4.74 Å². The van der Waals surface area contributed by atoms with Crippen molar-refractivity contribution in [1.29, 1.82) is 0 Å². The minimum Gasteiger partial charge on any atom is -0.496 e. The predicted octanol–water partition coefficient (Wildman–Crippen LogP) is 3.13. The topological polar surface area (TPSA) is 84.0 Å². The minimum absolute atomic E-state index is 0.122. The van der Waals surface area contributed by atoms with Crippen LogP contribution in [0.3, 0.4) is 0 Å². The Morgan fingerprint density at radius 1 is 1.31 bits per heavy atom. The van der Waals surface area contributed by atoms with E-state index in [1.165, 1.54) is 0 Å². The molecular formula is C22H25N5O2. The molecule has 0 bridgehead atoms. The lowest BCUT2D eigenvalue weighted by atomic mass is 9.93. The second-order valence-electron chi connectivity index (χ2n) is 7.33. The van der Waals surface area contributed by atoms with Gasteiger partial charge in [-0.1, -0.05) is 18.2 Å². The molecule has 150 valence electrons. The number of aromatic amines is 1. The summed E-state index contributed by atoms with van der Waals surface area (Å²) in [6.45, 7) is 3.34. The monoisotopic (exact) mass is 391 g/mol. The molecule has 0 radical (unpaired) electrons. The van der Waals surface area contributed by atoms with Gasteiger partial charge in [-0.25, -0.2) is 15.0 Å². The second kappa shape index (κ2) is 8.43. The zero-order valence-corrected chi connectivity index (χ0v) is 16.8. The van der Waals surface area contributed by atoms with Gasteiger partial charge in [0.05, 0.1) is 13.5 Å². The Labute approximate surface area is 170 Å². The maximum atomic E-state index is 13.0. The fourth-order valence-corrected chi connectivity index (χ4v) is 3.90. The van der Waals surface area contributed by atoms with Crippen LogP contribution in [0.1, 0.15) is 35.8 Å². The first-order valence-corrected chi connectivity index (χ1v) is 9.89. The van der Waals surface area contributed by atoms with E-state index in [9.17, 15) is 4.79 Å². The van der Waals surface area contributed by atoms with Crippen molar-refractivity contribution in [2.45, 2.75) is 32.1 Å². The summed E-state index contributed by atoms with van der Waals surface area (Å²) in [6, 6.07) is 9.68. The van der Waals surface area contributed by atoms with Crippen LogP contribution in [-0.2, 0) is 11.2 Å². The van der Waals surface area contributed by atoms with Gasteiger partial charge in [0, 0.05) is 42.7 Å². The van der Waals surface area contributed by atoms with Crippen LogP contribution in [0.15, 0.2) is 42.7 Å². The third-order valence-electron chi connectivity index (χ3n) is 5.33. The van der Waals surface area contributed by atoms with Crippen LogP contribution in [0.4, 0.5) is 0 Å². The summed E-state index contributed by atoms with van der Waals surface area (Å²) in [5, 5.41) is 0. The summed E-state index contributed by atoms with van der Waals surface area (Å²) in [6.07, 6.45) is 5.81. The number of aromatic nitrogens is 4. The minimum atomic E-state index is 0.122. The average molecular weight is 391 g/mol. The molecule has 7 nitrogen and oxygen atoms in total. The lowest BCUT2D eigenvalue weighted by Crippen LogP contribution is -2.40. The highest BCUT2D eigenvalue weighted by atomic mass is 16.5. The molecule has 1 aliphatic heterocycles. The number of hydrogen-bond acceptors (Lipinski definition) is 5. The average Bonchev–Trinajstić information content (AvgIpc) is 3.29. The van der Waals surface area contributed by atoms with Crippen LogP contribution >= 0.6 is 0 Å². The van der Waals surface area contributed by atoms with Crippen molar-refractivity contribution in [2.75, 3.05) is 20.2 Å². The number of para-hydroxylation sites is 1. The van der Waals surface area contributed by atoms with E-state index < -0.39 is 0 Å². The number of imidazole rings is 1. The number of nitrogens with zero attached hydrogens (tertiary/aromatic N) is 4. The standard InChI is InChI=1S/C22H25N5O2/c1-15-25-18(13-19(26-15)22-23-9-10-24-22)17-7-5-11-27(14-17)21(28)12-16-6-3-4-8-20(16)29-2/h3-4,6,8-10,13,17H,5,7,11-12,14H2,1-2H3,(H,23,24)/t17-/m1/s1. The summed E-state index contributed by atoms with van der Waals surface area (Å²) >= 11 is 0. The Hall–Kier alpha value is -3.22. The SMILES string of the molecule is COc1ccccc1CC(=O)N1CCC[C@@H](c2cc(-c3ncc[nH]3)nc(C)n2)C1. The summed E-state index contributed by atoms with van der Waals surface area (Å²) in [5.74, 6) is 2.52. The Morgan fingerprint density at radius 2 is 2.17 bits per heavy atom. The van der Waals surface area contributed by atoms with Gasteiger partial charge in [0.25, 0.3) is 0 Å². The van der Waals surface area contributed by atoms with Crippen molar-refractivity contribution in [3.63, 3.8) is 0 Å². The summed E-state index contributed by atoms with van der Waals surface area (Å²) in [4.78, 5) is 31.5. The molecule has 1 amide bonds. The first kappa shape index (κ1) is 19.1. The van der Waals surface area contributed by atoms with Crippen molar-refractivity contribution in [3.05, 3.63) is 59.8 Å². The largest absolute Gasteiger partial charge is 0.496 e. The summed E-state index contributed by atoms with van der Waals surface area (Å²) in [7, 11) is 1.63. The second-order valence-corrected chi connectivity index (χ2v) is 7.33. The highest BCUT2D eigenvalue weighted by Crippen LogP contribution is 2.28. The van der Waals surface area contributed by atoms with Gasteiger partial charge in [-0.2, -0.15) is 0 Å². The number of piperidine rings is 1. The molecular weight excluding hydrogens is 366 g/mol. The van der Waals surface area contributed by atoms with Crippen LogP contribution in [0.5, 0.6) is 5.75 Å². The van der Waals surface area contributed by atoms with E-state index in [1.54, 1.807) is 19.5 Å². The molecule has 0 saturated carbocycles. The van der Waals surface area contributed by atoms with Crippen LogP contribution in [0.2, 0.25) is 0 Å². The number of amides is 1. The smallest absolute Gasteiger partial charge is 0.227 e. The van der Waals surface area contributed by atoms with Crippen molar-refractivity contribution < 1.29 is 9.53 Å². The Bertz CT molecular complexity index is 987. The molecule has 4 rings (SSSR count). The molecule has 1 fully saturated rings. The lowest BCUT2D eigenvalue weighted by Gasteiger charge is -2.33. The highest BCUT2D eigenvalue weighted by molar-refractivity contribution is 5.79. The molecule has 0 spiro atoms. The van der Waals surface area contributed by atoms with Crippen LogP contribution in [-0.4, -0.2) is 50.9 Å². The fourth-order valence-electron chi connectivity index (χ4n) is 3.90.